The summed E-state index contributed by atoms with van der Waals surface area (Å²) in [4.78, 5) is 33.9. The summed E-state index contributed by atoms with van der Waals surface area (Å²) in [5.74, 6) is -1.01. The molecule has 1 rings (SSSR count). The number of carboxylic acid groups (broad SMARTS) is 1. The third kappa shape index (κ3) is 3.69. The van der Waals surface area contributed by atoms with Gasteiger partial charge in [-0.25, -0.2) is 0 Å². The fraction of sp³-hybridized carbons (Fsp3) is 0.700. The Bertz CT molecular complexity index is 256. The van der Waals surface area contributed by atoms with Gasteiger partial charge < -0.3 is 14.8 Å². The van der Waals surface area contributed by atoms with Crippen molar-refractivity contribution in [1.29, 1.82) is 0 Å². The van der Waals surface area contributed by atoms with Crippen LogP contribution in [0.4, 0.5) is 0 Å². The van der Waals surface area contributed by atoms with E-state index in [1.165, 1.54) is 0 Å². The second-order valence-corrected chi connectivity index (χ2v) is 3.75. The molecule has 0 saturated carbocycles. The maximum absolute atomic E-state index is 11.5. The van der Waals surface area contributed by atoms with Gasteiger partial charge in [0.1, 0.15) is 6.29 Å². The van der Waals surface area contributed by atoms with Gasteiger partial charge in [0, 0.05) is 25.4 Å². The van der Waals surface area contributed by atoms with E-state index in [0.717, 1.165) is 6.29 Å². The maximum Gasteiger partial charge on any atom is 0.303 e. The molecule has 5 heteroatoms. The Morgan fingerprint density at radius 1 is 1.27 bits per heavy atom. The molecule has 1 N–H and O–H groups in total. The van der Waals surface area contributed by atoms with Crippen LogP contribution in [0.2, 0.25) is 0 Å². The molecular formula is C10H15NO4. The molecule has 0 aromatic rings. The predicted octanol–water partition coefficient (Wildman–Crippen LogP) is 0.289. The Kier molecular flexibility index (Phi) is 4.27. The van der Waals surface area contributed by atoms with E-state index in [9.17, 15) is 14.4 Å². The molecule has 1 fully saturated rings. The monoisotopic (exact) mass is 213 g/mol. The highest BCUT2D eigenvalue weighted by atomic mass is 16.4. The Morgan fingerprint density at radius 3 is 2.33 bits per heavy atom. The van der Waals surface area contributed by atoms with Crippen molar-refractivity contribution in [3.05, 3.63) is 0 Å². The molecule has 15 heavy (non-hydrogen) atoms. The molecule has 84 valence electrons. The van der Waals surface area contributed by atoms with Crippen LogP contribution in [0.15, 0.2) is 0 Å². The number of likely N-dealkylation sites (tertiary alicyclic amines) is 1. The Hall–Kier alpha value is -1.39. The largest absolute Gasteiger partial charge is 0.481 e. The average Bonchev–Trinajstić information content (AvgIpc) is 2.26. The van der Waals surface area contributed by atoms with E-state index in [4.69, 9.17) is 5.11 Å². The minimum absolute atomic E-state index is 0.0566. The molecule has 0 unspecified atom stereocenters. The summed E-state index contributed by atoms with van der Waals surface area (Å²) in [5.41, 5.74) is 0. The topological polar surface area (TPSA) is 74.7 Å². The summed E-state index contributed by atoms with van der Waals surface area (Å²) in [6.45, 7) is 1.14. The molecule has 0 atom stereocenters. The number of piperidine rings is 1. The molecule has 0 aliphatic carbocycles. The zero-order chi connectivity index (χ0) is 11.3. The average molecular weight is 213 g/mol. The first kappa shape index (κ1) is 11.7. The number of nitrogens with zero attached hydrogens (tertiary/aromatic N) is 1. The second kappa shape index (κ2) is 5.48. The standard InChI is InChI=1S/C10H15NO4/c12-7-8-3-5-11(6-4-8)9(13)1-2-10(14)15/h7-8H,1-6H2,(H,14,15). The summed E-state index contributed by atoms with van der Waals surface area (Å²) in [6.07, 6.45) is 2.26. The minimum Gasteiger partial charge on any atom is -0.481 e. The van der Waals surface area contributed by atoms with Gasteiger partial charge in [-0.05, 0) is 12.8 Å². The first-order valence-electron chi connectivity index (χ1n) is 5.08. The lowest BCUT2D eigenvalue weighted by Gasteiger charge is -2.29. The van der Waals surface area contributed by atoms with Crippen LogP contribution in [0.3, 0.4) is 0 Å². The van der Waals surface area contributed by atoms with Crippen LogP contribution in [0.25, 0.3) is 0 Å². The molecule has 0 aromatic heterocycles. The van der Waals surface area contributed by atoms with Crippen molar-refractivity contribution in [2.45, 2.75) is 25.7 Å². The number of carbonyl (C=O) groups is 3. The van der Waals surface area contributed by atoms with Crippen molar-refractivity contribution in [3.8, 4) is 0 Å². The zero-order valence-electron chi connectivity index (χ0n) is 8.52. The third-order valence-electron chi connectivity index (χ3n) is 2.64. The molecule has 1 aliphatic rings. The summed E-state index contributed by atoms with van der Waals surface area (Å²) < 4.78 is 0. The highest BCUT2D eigenvalue weighted by Crippen LogP contribution is 2.15. The predicted molar refractivity (Wildman–Crippen MR) is 52.2 cm³/mol. The SMILES string of the molecule is O=CC1CCN(C(=O)CCC(=O)O)CC1. The highest BCUT2D eigenvalue weighted by Gasteiger charge is 2.22. The van der Waals surface area contributed by atoms with Crippen molar-refractivity contribution in [1.82, 2.24) is 4.90 Å². The fourth-order valence-electron chi connectivity index (χ4n) is 1.66. The van der Waals surface area contributed by atoms with Crippen LogP contribution in [0.5, 0.6) is 0 Å². The molecule has 0 spiro atoms. The van der Waals surface area contributed by atoms with Gasteiger partial charge in [-0.15, -0.1) is 0 Å². The van der Waals surface area contributed by atoms with Crippen molar-refractivity contribution in [2.24, 2.45) is 5.92 Å². The highest BCUT2D eigenvalue weighted by molar-refractivity contribution is 5.80. The van der Waals surface area contributed by atoms with Crippen LogP contribution >= 0.6 is 0 Å². The number of aliphatic carboxylic acids is 1. The van der Waals surface area contributed by atoms with Gasteiger partial charge in [-0.2, -0.15) is 0 Å². The van der Waals surface area contributed by atoms with E-state index in [1.807, 2.05) is 0 Å². The van der Waals surface area contributed by atoms with Gasteiger partial charge in [0.2, 0.25) is 5.91 Å². The normalized spacial score (nSPS) is 17.5. The van der Waals surface area contributed by atoms with Gasteiger partial charge in [-0.3, -0.25) is 9.59 Å². The molecule has 1 aliphatic heterocycles. The second-order valence-electron chi connectivity index (χ2n) is 3.75. The van der Waals surface area contributed by atoms with E-state index in [1.54, 1.807) is 4.90 Å². The van der Waals surface area contributed by atoms with Crippen LogP contribution < -0.4 is 0 Å². The molecule has 5 nitrogen and oxygen atoms in total. The van der Waals surface area contributed by atoms with Gasteiger partial charge in [-0.1, -0.05) is 0 Å². The van der Waals surface area contributed by atoms with Crippen molar-refractivity contribution < 1.29 is 19.5 Å². The lowest BCUT2D eigenvalue weighted by molar-refractivity contribution is -0.141. The maximum atomic E-state index is 11.5. The summed E-state index contributed by atoms with van der Waals surface area (Å²) in [7, 11) is 0. The van der Waals surface area contributed by atoms with Gasteiger partial charge >= 0.3 is 5.97 Å². The zero-order valence-corrected chi connectivity index (χ0v) is 8.52. The quantitative estimate of drug-likeness (QED) is 0.681. The lowest BCUT2D eigenvalue weighted by atomic mass is 9.98. The molecule has 1 saturated heterocycles. The van der Waals surface area contributed by atoms with Gasteiger partial charge in [0.15, 0.2) is 0 Å². The van der Waals surface area contributed by atoms with Gasteiger partial charge in [0.05, 0.1) is 6.42 Å². The number of aldehydes is 1. The van der Waals surface area contributed by atoms with Crippen LogP contribution in [-0.2, 0) is 14.4 Å². The van der Waals surface area contributed by atoms with E-state index in [0.29, 0.717) is 25.9 Å². The Morgan fingerprint density at radius 2 is 1.87 bits per heavy atom. The first-order valence-corrected chi connectivity index (χ1v) is 5.08. The van der Waals surface area contributed by atoms with E-state index in [-0.39, 0.29) is 24.7 Å². The smallest absolute Gasteiger partial charge is 0.303 e. The van der Waals surface area contributed by atoms with E-state index >= 15 is 0 Å². The van der Waals surface area contributed by atoms with E-state index < -0.39 is 5.97 Å². The Balaban J connectivity index is 2.29. The number of carbonyl (C=O) groups excluding carboxylic acids is 2. The van der Waals surface area contributed by atoms with Crippen molar-refractivity contribution in [3.63, 3.8) is 0 Å². The molecule has 1 amide bonds. The van der Waals surface area contributed by atoms with Crippen LogP contribution in [-0.4, -0.2) is 41.3 Å². The molecule has 0 aromatic carbocycles. The van der Waals surface area contributed by atoms with Crippen LogP contribution in [0.1, 0.15) is 25.7 Å². The summed E-state index contributed by atoms with van der Waals surface area (Å²) >= 11 is 0. The number of amides is 1. The minimum atomic E-state index is -0.953. The number of hydrogen-bond acceptors (Lipinski definition) is 3. The number of hydrogen-bond donors (Lipinski definition) is 1. The first-order chi connectivity index (χ1) is 7.13. The van der Waals surface area contributed by atoms with E-state index in [2.05, 4.69) is 0 Å². The summed E-state index contributed by atoms with van der Waals surface area (Å²) in [5, 5.41) is 8.42. The molecule has 0 radical (unpaired) electrons. The Labute approximate surface area is 88.1 Å². The molecule has 0 bridgehead atoms. The van der Waals surface area contributed by atoms with Crippen LogP contribution in [0, 0.1) is 5.92 Å². The summed E-state index contributed by atoms with van der Waals surface area (Å²) in [6, 6.07) is 0. The fourth-order valence-corrected chi connectivity index (χ4v) is 1.66. The number of rotatable bonds is 4. The lowest BCUT2D eigenvalue weighted by Crippen LogP contribution is -2.38. The third-order valence-corrected chi connectivity index (χ3v) is 2.64. The molecule has 1 heterocycles. The van der Waals surface area contributed by atoms with Gasteiger partial charge in [0.25, 0.3) is 0 Å². The molecular weight excluding hydrogens is 198 g/mol. The van der Waals surface area contributed by atoms with Crippen molar-refractivity contribution in [2.75, 3.05) is 13.1 Å². The van der Waals surface area contributed by atoms with Crippen molar-refractivity contribution >= 4 is 18.2 Å². The number of carboxylic acids is 1.